The van der Waals surface area contributed by atoms with Crippen LogP contribution in [0.25, 0.3) is 10.9 Å². The van der Waals surface area contributed by atoms with Crippen LogP contribution < -0.4 is 5.73 Å². The van der Waals surface area contributed by atoms with Gasteiger partial charge in [0.15, 0.2) is 0 Å². The SMILES string of the molecule is C=CCN(C(C)C)S(=O)(=O)c1c[nH]c2ccc(N)cc12. The van der Waals surface area contributed by atoms with Crippen molar-refractivity contribution in [2.45, 2.75) is 24.8 Å². The third-order valence-corrected chi connectivity index (χ3v) is 5.22. The molecule has 1 heterocycles. The predicted molar refractivity (Wildman–Crippen MR) is 81.9 cm³/mol. The van der Waals surface area contributed by atoms with E-state index < -0.39 is 10.0 Å². The number of rotatable bonds is 5. The van der Waals surface area contributed by atoms with E-state index in [1.165, 1.54) is 10.5 Å². The lowest BCUT2D eigenvalue weighted by molar-refractivity contribution is 0.383. The van der Waals surface area contributed by atoms with Crippen LogP contribution in [0.3, 0.4) is 0 Å². The van der Waals surface area contributed by atoms with Crippen LogP contribution in [0, 0.1) is 0 Å². The molecule has 0 bridgehead atoms. The first-order valence-electron chi connectivity index (χ1n) is 6.37. The van der Waals surface area contributed by atoms with Crippen molar-refractivity contribution in [2.75, 3.05) is 12.3 Å². The zero-order valence-corrected chi connectivity index (χ0v) is 12.4. The van der Waals surface area contributed by atoms with E-state index in [0.29, 0.717) is 11.1 Å². The Morgan fingerprint density at radius 2 is 2.15 bits per heavy atom. The lowest BCUT2D eigenvalue weighted by atomic mass is 10.2. The number of aromatic nitrogens is 1. The average molecular weight is 293 g/mol. The highest BCUT2D eigenvalue weighted by Gasteiger charge is 2.28. The number of nitrogens with two attached hydrogens (primary N) is 1. The number of sulfonamides is 1. The summed E-state index contributed by atoms with van der Waals surface area (Å²) >= 11 is 0. The first-order valence-corrected chi connectivity index (χ1v) is 7.81. The fourth-order valence-corrected chi connectivity index (χ4v) is 3.93. The number of nitrogens with one attached hydrogen (secondary N) is 1. The van der Waals surface area contributed by atoms with Crippen LogP contribution in [0.5, 0.6) is 0 Å². The molecule has 108 valence electrons. The fourth-order valence-electron chi connectivity index (χ4n) is 2.17. The first kappa shape index (κ1) is 14.6. The van der Waals surface area contributed by atoms with E-state index >= 15 is 0 Å². The van der Waals surface area contributed by atoms with E-state index in [1.807, 2.05) is 13.8 Å². The van der Waals surface area contributed by atoms with Crippen molar-refractivity contribution < 1.29 is 8.42 Å². The molecule has 6 heteroatoms. The lowest BCUT2D eigenvalue weighted by Gasteiger charge is -2.24. The molecule has 0 spiro atoms. The molecule has 1 aromatic heterocycles. The number of hydrogen-bond donors (Lipinski definition) is 2. The van der Waals surface area contributed by atoms with Gasteiger partial charge in [0.1, 0.15) is 4.90 Å². The van der Waals surface area contributed by atoms with E-state index in [-0.39, 0.29) is 17.5 Å². The Balaban J connectivity index is 2.61. The highest BCUT2D eigenvalue weighted by Crippen LogP contribution is 2.28. The van der Waals surface area contributed by atoms with Crippen molar-refractivity contribution in [2.24, 2.45) is 0 Å². The average Bonchev–Trinajstić information content (AvgIpc) is 2.78. The minimum absolute atomic E-state index is 0.149. The number of benzene rings is 1. The van der Waals surface area contributed by atoms with Gasteiger partial charge in [-0.15, -0.1) is 6.58 Å². The van der Waals surface area contributed by atoms with Gasteiger partial charge in [-0.05, 0) is 32.0 Å². The standard InChI is InChI=1S/C14H19N3O2S/c1-4-7-17(10(2)3)20(18,19)14-9-16-13-6-5-11(15)8-12(13)14/h4-6,8-10,16H,1,7,15H2,2-3H3. The Morgan fingerprint density at radius 3 is 2.75 bits per heavy atom. The summed E-state index contributed by atoms with van der Waals surface area (Å²) in [6, 6.07) is 5.03. The molecule has 0 unspecified atom stereocenters. The molecule has 20 heavy (non-hydrogen) atoms. The van der Waals surface area contributed by atoms with Gasteiger partial charge in [0.2, 0.25) is 10.0 Å². The van der Waals surface area contributed by atoms with Crippen molar-refractivity contribution in [3.63, 3.8) is 0 Å². The highest BCUT2D eigenvalue weighted by molar-refractivity contribution is 7.89. The van der Waals surface area contributed by atoms with Crippen LogP contribution in [-0.4, -0.2) is 30.3 Å². The number of H-pyrrole nitrogens is 1. The fraction of sp³-hybridized carbons (Fsp3) is 0.286. The Labute approximate surface area is 119 Å². The van der Waals surface area contributed by atoms with Crippen molar-refractivity contribution in [1.82, 2.24) is 9.29 Å². The van der Waals surface area contributed by atoms with E-state index in [4.69, 9.17) is 5.73 Å². The van der Waals surface area contributed by atoms with Crippen LogP contribution >= 0.6 is 0 Å². The summed E-state index contributed by atoms with van der Waals surface area (Å²) in [4.78, 5) is 3.22. The summed E-state index contributed by atoms with van der Waals surface area (Å²) < 4.78 is 26.9. The second-order valence-electron chi connectivity index (χ2n) is 4.92. The normalized spacial score (nSPS) is 12.4. The molecule has 2 rings (SSSR count). The van der Waals surface area contributed by atoms with Crippen molar-refractivity contribution in [3.05, 3.63) is 37.1 Å². The van der Waals surface area contributed by atoms with E-state index in [0.717, 1.165) is 5.52 Å². The Bertz CT molecular complexity index is 732. The third kappa shape index (κ3) is 2.44. The van der Waals surface area contributed by atoms with Crippen LogP contribution in [0.15, 0.2) is 41.9 Å². The van der Waals surface area contributed by atoms with Crippen LogP contribution in [0.4, 0.5) is 5.69 Å². The smallest absolute Gasteiger partial charge is 0.245 e. The largest absolute Gasteiger partial charge is 0.399 e. The van der Waals surface area contributed by atoms with Crippen LogP contribution in [0.1, 0.15) is 13.8 Å². The number of hydrogen-bond acceptors (Lipinski definition) is 3. The van der Waals surface area contributed by atoms with Crippen molar-refractivity contribution in [1.29, 1.82) is 0 Å². The molecular weight excluding hydrogens is 274 g/mol. The maximum absolute atomic E-state index is 12.8. The van der Waals surface area contributed by atoms with Crippen LogP contribution in [-0.2, 0) is 10.0 Å². The number of anilines is 1. The number of aromatic amines is 1. The quantitative estimate of drug-likeness (QED) is 0.656. The zero-order chi connectivity index (χ0) is 14.9. The van der Waals surface area contributed by atoms with E-state index in [2.05, 4.69) is 11.6 Å². The maximum atomic E-state index is 12.8. The molecule has 0 atom stereocenters. The number of nitrogen functional groups attached to an aromatic ring is 1. The van der Waals surface area contributed by atoms with Gasteiger partial charge in [0.05, 0.1) is 0 Å². The summed E-state index contributed by atoms with van der Waals surface area (Å²) in [5, 5.41) is 0.611. The lowest BCUT2D eigenvalue weighted by Crippen LogP contribution is -2.36. The summed E-state index contributed by atoms with van der Waals surface area (Å²) in [5.41, 5.74) is 7.04. The highest BCUT2D eigenvalue weighted by atomic mass is 32.2. The number of nitrogens with zero attached hydrogens (tertiary/aromatic N) is 1. The van der Waals surface area contributed by atoms with Gasteiger partial charge in [0.25, 0.3) is 0 Å². The molecule has 0 aliphatic rings. The van der Waals surface area contributed by atoms with E-state index in [9.17, 15) is 8.42 Å². The molecule has 2 aromatic rings. The van der Waals surface area contributed by atoms with Crippen molar-refractivity contribution >= 4 is 26.6 Å². The van der Waals surface area contributed by atoms with Gasteiger partial charge in [0, 0.05) is 35.4 Å². The molecule has 0 aliphatic heterocycles. The van der Waals surface area contributed by atoms with Crippen LogP contribution in [0.2, 0.25) is 0 Å². The van der Waals surface area contributed by atoms with Gasteiger partial charge in [-0.2, -0.15) is 4.31 Å². The molecule has 0 aliphatic carbocycles. The monoisotopic (exact) mass is 293 g/mol. The maximum Gasteiger partial charge on any atom is 0.245 e. The van der Waals surface area contributed by atoms with Gasteiger partial charge in [-0.1, -0.05) is 6.08 Å². The Hall–Kier alpha value is -1.79. The number of fused-ring (bicyclic) bond motifs is 1. The second-order valence-corrected chi connectivity index (χ2v) is 6.77. The molecule has 5 nitrogen and oxygen atoms in total. The van der Waals surface area contributed by atoms with Gasteiger partial charge in [-0.25, -0.2) is 8.42 Å². The summed E-state index contributed by atoms with van der Waals surface area (Å²) in [7, 11) is -3.59. The predicted octanol–water partition coefficient (Wildman–Crippen LogP) is 2.34. The van der Waals surface area contributed by atoms with Crippen molar-refractivity contribution in [3.8, 4) is 0 Å². The third-order valence-electron chi connectivity index (χ3n) is 3.14. The molecule has 0 saturated carbocycles. The molecule has 0 saturated heterocycles. The minimum atomic E-state index is -3.59. The van der Waals surface area contributed by atoms with Gasteiger partial charge >= 0.3 is 0 Å². The Morgan fingerprint density at radius 1 is 1.45 bits per heavy atom. The molecule has 0 radical (unpaired) electrons. The zero-order valence-electron chi connectivity index (χ0n) is 11.6. The minimum Gasteiger partial charge on any atom is -0.399 e. The van der Waals surface area contributed by atoms with Gasteiger partial charge in [-0.3, -0.25) is 0 Å². The van der Waals surface area contributed by atoms with Gasteiger partial charge < -0.3 is 10.7 Å². The first-order chi connectivity index (χ1) is 9.37. The summed E-state index contributed by atoms with van der Waals surface area (Å²) in [5.74, 6) is 0. The molecule has 1 aromatic carbocycles. The topological polar surface area (TPSA) is 79.2 Å². The molecular formula is C14H19N3O2S. The molecule has 3 N–H and O–H groups in total. The molecule has 0 amide bonds. The Kier molecular flexibility index (Phi) is 3.87. The van der Waals surface area contributed by atoms with E-state index in [1.54, 1.807) is 24.3 Å². The second kappa shape index (κ2) is 5.30. The summed E-state index contributed by atoms with van der Waals surface area (Å²) in [6.45, 7) is 7.57. The molecule has 0 fully saturated rings. The summed E-state index contributed by atoms with van der Waals surface area (Å²) in [6.07, 6.45) is 3.10.